The molecular weight excluding hydrogens is 359 g/mol. The Kier molecular flexibility index (Phi) is 6.49. The van der Waals surface area contributed by atoms with Gasteiger partial charge in [-0.2, -0.15) is 0 Å². The number of hydrogen-bond acceptors (Lipinski definition) is 3. The van der Waals surface area contributed by atoms with Crippen molar-refractivity contribution >= 4 is 22.5 Å². The highest BCUT2D eigenvalue weighted by atomic mass is 19.1. The number of benzene rings is 2. The minimum absolute atomic E-state index is 0.158. The summed E-state index contributed by atoms with van der Waals surface area (Å²) in [4.78, 5) is 33.0. The van der Waals surface area contributed by atoms with Gasteiger partial charge in [0.1, 0.15) is 12.4 Å². The Labute approximate surface area is 162 Å². The van der Waals surface area contributed by atoms with Crippen molar-refractivity contribution in [3.63, 3.8) is 0 Å². The zero-order valence-electron chi connectivity index (χ0n) is 15.8. The topological polar surface area (TPSA) is 79.3 Å². The summed E-state index contributed by atoms with van der Waals surface area (Å²) in [6, 6.07) is 13.2. The molecule has 6 nitrogen and oxygen atoms in total. The molecule has 0 saturated carbocycles. The van der Waals surface area contributed by atoms with Crippen molar-refractivity contribution < 1.29 is 14.1 Å². The van der Waals surface area contributed by atoms with Gasteiger partial charge in [-0.25, -0.2) is 9.37 Å². The van der Waals surface area contributed by atoms with E-state index in [1.54, 1.807) is 30.3 Å². The van der Waals surface area contributed by atoms with Crippen LogP contribution in [-0.2, 0) is 11.3 Å². The highest BCUT2D eigenvalue weighted by molar-refractivity contribution is 5.91. The van der Waals surface area contributed by atoms with Crippen molar-refractivity contribution in [2.75, 3.05) is 18.4 Å². The van der Waals surface area contributed by atoms with E-state index >= 15 is 0 Å². The monoisotopic (exact) mass is 383 g/mol. The number of H-pyrrole nitrogens is 1. The number of halogens is 1. The van der Waals surface area contributed by atoms with Gasteiger partial charge in [-0.05, 0) is 30.7 Å². The molecular formula is C21H24FN4O2+. The molecule has 28 heavy (non-hydrogen) atoms. The number of nitrogens with one attached hydrogen (secondary N) is 3. The quantitative estimate of drug-likeness (QED) is 0.556. The molecule has 0 aliphatic heterocycles. The molecule has 1 unspecified atom stereocenters. The summed E-state index contributed by atoms with van der Waals surface area (Å²) in [6.07, 6.45) is 1.92. The van der Waals surface area contributed by atoms with Crippen LogP contribution in [0.1, 0.15) is 25.6 Å². The number of unbranched alkanes of at least 4 members (excludes halogenated alkanes) is 1. The summed E-state index contributed by atoms with van der Waals surface area (Å²) in [5, 5.41) is 3.16. The fourth-order valence-corrected chi connectivity index (χ4v) is 3.11. The minimum Gasteiger partial charge on any atom is -0.321 e. The first-order valence-electron chi connectivity index (χ1n) is 9.42. The second-order valence-corrected chi connectivity index (χ2v) is 6.76. The lowest BCUT2D eigenvalue weighted by Crippen LogP contribution is -3.12. The summed E-state index contributed by atoms with van der Waals surface area (Å²) in [6.45, 7) is 3.39. The number of anilines is 1. The number of quaternary nitrogens is 1. The maximum atomic E-state index is 13.8. The Hall–Kier alpha value is -3.06. The number of fused-ring (bicyclic) bond motifs is 1. The predicted octanol–water partition coefficient (Wildman–Crippen LogP) is 1.89. The van der Waals surface area contributed by atoms with E-state index in [0.29, 0.717) is 23.3 Å². The maximum absolute atomic E-state index is 13.8. The SMILES string of the molecule is CCCC[NH+](CC(=O)Nc1ccccc1F)Cc1nc2ccccc2c(=O)[nH]1. The van der Waals surface area contributed by atoms with Crippen LogP contribution in [0.25, 0.3) is 10.9 Å². The Balaban J connectivity index is 1.74. The van der Waals surface area contributed by atoms with Crippen molar-refractivity contribution in [3.05, 3.63) is 70.5 Å². The molecule has 0 fully saturated rings. The van der Waals surface area contributed by atoms with Crippen molar-refractivity contribution in [2.45, 2.75) is 26.3 Å². The van der Waals surface area contributed by atoms with Crippen molar-refractivity contribution in [2.24, 2.45) is 0 Å². The predicted molar refractivity (Wildman–Crippen MR) is 107 cm³/mol. The van der Waals surface area contributed by atoms with Crippen molar-refractivity contribution in [1.29, 1.82) is 0 Å². The van der Waals surface area contributed by atoms with Gasteiger partial charge in [-0.3, -0.25) is 9.59 Å². The van der Waals surface area contributed by atoms with Gasteiger partial charge in [0.15, 0.2) is 12.4 Å². The molecule has 1 heterocycles. The molecule has 0 saturated heterocycles. The van der Waals surface area contributed by atoms with Gasteiger partial charge < -0.3 is 15.2 Å². The van der Waals surface area contributed by atoms with Crippen LogP contribution in [0.2, 0.25) is 0 Å². The van der Waals surface area contributed by atoms with Gasteiger partial charge in [0.2, 0.25) is 0 Å². The minimum atomic E-state index is -0.466. The van der Waals surface area contributed by atoms with Crippen LogP contribution < -0.4 is 15.8 Å². The van der Waals surface area contributed by atoms with Crippen LogP contribution in [-0.4, -0.2) is 29.0 Å². The van der Waals surface area contributed by atoms with Crippen LogP contribution in [0.4, 0.5) is 10.1 Å². The fraction of sp³-hybridized carbons (Fsp3) is 0.286. The van der Waals surface area contributed by atoms with E-state index in [1.165, 1.54) is 12.1 Å². The Morgan fingerprint density at radius 1 is 1.18 bits per heavy atom. The third-order valence-electron chi connectivity index (χ3n) is 4.52. The summed E-state index contributed by atoms with van der Waals surface area (Å²) < 4.78 is 13.8. The lowest BCUT2D eigenvalue weighted by molar-refractivity contribution is -0.906. The van der Waals surface area contributed by atoms with Crippen LogP contribution >= 0.6 is 0 Å². The molecule has 3 N–H and O–H groups in total. The molecule has 0 aliphatic carbocycles. The Bertz CT molecular complexity index is 1020. The molecule has 3 rings (SSSR count). The van der Waals surface area contributed by atoms with E-state index in [2.05, 4.69) is 22.2 Å². The average Bonchev–Trinajstić information content (AvgIpc) is 2.68. The Morgan fingerprint density at radius 3 is 2.71 bits per heavy atom. The molecule has 0 radical (unpaired) electrons. The second kappa shape index (κ2) is 9.23. The van der Waals surface area contributed by atoms with Gasteiger partial charge in [-0.1, -0.05) is 37.6 Å². The smallest absolute Gasteiger partial charge is 0.279 e. The standard InChI is InChI=1S/C21H23FN4O2/c1-2-3-12-26(14-20(27)24-18-11-7-5-9-16(18)22)13-19-23-17-10-6-4-8-15(17)21(28)25-19/h4-11H,2-3,12-14H2,1H3,(H,24,27)(H,23,25,28)/p+1. The fourth-order valence-electron chi connectivity index (χ4n) is 3.11. The van der Waals surface area contributed by atoms with Crippen LogP contribution in [0.5, 0.6) is 0 Å². The Morgan fingerprint density at radius 2 is 1.93 bits per heavy atom. The van der Waals surface area contributed by atoms with E-state index < -0.39 is 5.82 Å². The lowest BCUT2D eigenvalue weighted by atomic mass is 10.2. The summed E-state index contributed by atoms with van der Waals surface area (Å²) in [7, 11) is 0. The summed E-state index contributed by atoms with van der Waals surface area (Å²) in [5.41, 5.74) is 0.609. The molecule has 2 aromatic carbocycles. The first kappa shape index (κ1) is 19.7. The van der Waals surface area contributed by atoms with E-state index in [9.17, 15) is 14.0 Å². The van der Waals surface area contributed by atoms with Gasteiger partial charge in [0.25, 0.3) is 11.5 Å². The molecule has 0 spiro atoms. The largest absolute Gasteiger partial charge is 0.321 e. The van der Waals surface area contributed by atoms with Crippen LogP contribution in [0.15, 0.2) is 53.3 Å². The van der Waals surface area contributed by atoms with Gasteiger partial charge in [-0.15, -0.1) is 0 Å². The number of para-hydroxylation sites is 2. The highest BCUT2D eigenvalue weighted by Crippen LogP contribution is 2.11. The zero-order chi connectivity index (χ0) is 19.9. The summed E-state index contributed by atoms with van der Waals surface area (Å²) >= 11 is 0. The number of aromatic amines is 1. The lowest BCUT2D eigenvalue weighted by Gasteiger charge is -2.18. The van der Waals surface area contributed by atoms with Gasteiger partial charge >= 0.3 is 0 Å². The summed E-state index contributed by atoms with van der Waals surface area (Å²) in [5.74, 6) is -0.209. The molecule has 1 atom stereocenters. The first-order chi connectivity index (χ1) is 13.6. The number of carbonyl (C=O) groups excluding carboxylic acids is 1. The number of aromatic nitrogens is 2. The highest BCUT2D eigenvalue weighted by Gasteiger charge is 2.17. The number of hydrogen-bond donors (Lipinski definition) is 3. The molecule has 146 valence electrons. The van der Waals surface area contributed by atoms with Crippen LogP contribution in [0, 0.1) is 5.82 Å². The average molecular weight is 383 g/mol. The van der Waals surface area contributed by atoms with Gasteiger partial charge in [0.05, 0.1) is 23.1 Å². The molecule has 0 aliphatic rings. The van der Waals surface area contributed by atoms with E-state index in [0.717, 1.165) is 24.3 Å². The van der Waals surface area contributed by atoms with Crippen LogP contribution in [0.3, 0.4) is 0 Å². The molecule has 0 bridgehead atoms. The number of amides is 1. The van der Waals surface area contributed by atoms with Gasteiger partial charge in [0, 0.05) is 0 Å². The zero-order valence-corrected chi connectivity index (χ0v) is 15.8. The van der Waals surface area contributed by atoms with E-state index in [1.807, 2.05) is 6.07 Å². The van der Waals surface area contributed by atoms with E-state index in [-0.39, 0.29) is 23.7 Å². The maximum Gasteiger partial charge on any atom is 0.279 e. The number of carbonyl (C=O) groups is 1. The first-order valence-corrected chi connectivity index (χ1v) is 9.42. The van der Waals surface area contributed by atoms with E-state index in [4.69, 9.17) is 0 Å². The van der Waals surface area contributed by atoms with Crippen molar-refractivity contribution in [1.82, 2.24) is 9.97 Å². The molecule has 3 aromatic rings. The number of rotatable bonds is 8. The molecule has 7 heteroatoms. The normalized spacial score (nSPS) is 12.1. The number of nitrogens with zero attached hydrogens (tertiary/aromatic N) is 1. The third-order valence-corrected chi connectivity index (χ3v) is 4.52. The molecule has 1 amide bonds. The van der Waals surface area contributed by atoms with Crippen molar-refractivity contribution in [3.8, 4) is 0 Å². The molecule has 1 aromatic heterocycles. The second-order valence-electron chi connectivity index (χ2n) is 6.76. The third kappa shape index (κ3) is 5.01.